The molecule has 0 aliphatic carbocycles. The molecule has 0 bridgehead atoms. The third-order valence-electron chi connectivity index (χ3n) is 2.08. The minimum Gasteiger partial charge on any atom is -0.398 e. The van der Waals surface area contributed by atoms with Crippen LogP contribution in [0.4, 0.5) is 10.1 Å². The summed E-state index contributed by atoms with van der Waals surface area (Å²) in [5.74, 6) is -0.514. The lowest BCUT2D eigenvalue weighted by atomic mass is 10.3. The zero-order valence-electron chi connectivity index (χ0n) is 8.58. The van der Waals surface area contributed by atoms with Gasteiger partial charge in [0.1, 0.15) is 5.82 Å². The molecule has 0 aliphatic rings. The molecule has 2 aromatic carbocycles. The average Bonchev–Trinajstić information content (AvgIpc) is 2.26. The maximum absolute atomic E-state index is 13.1. The van der Waals surface area contributed by atoms with Gasteiger partial charge in [-0.3, -0.25) is 0 Å². The molecule has 2 rings (SSSR count). The molecule has 0 fully saturated rings. The molecule has 0 saturated carbocycles. The second-order valence-electron chi connectivity index (χ2n) is 3.36. The van der Waals surface area contributed by atoms with E-state index in [4.69, 9.17) is 28.9 Å². The Morgan fingerprint density at radius 1 is 1.12 bits per heavy atom. The molecule has 2 aromatic rings. The van der Waals surface area contributed by atoms with Crippen LogP contribution >= 0.6 is 35.0 Å². The summed E-state index contributed by atoms with van der Waals surface area (Å²) in [5, 5.41) is 0.700. The highest BCUT2D eigenvalue weighted by Gasteiger charge is 2.08. The Bertz CT molecular complexity index is 560. The maximum atomic E-state index is 13.1. The number of anilines is 1. The fourth-order valence-corrected chi connectivity index (χ4v) is 2.71. The predicted octanol–water partition coefficient (Wildman–Crippen LogP) is 4.87. The first-order valence-electron chi connectivity index (χ1n) is 4.74. The van der Waals surface area contributed by atoms with Crippen LogP contribution < -0.4 is 5.73 Å². The minimum atomic E-state index is -0.514. The van der Waals surface area contributed by atoms with E-state index in [-0.39, 0.29) is 5.02 Å². The quantitative estimate of drug-likeness (QED) is 0.798. The normalized spacial score (nSPS) is 10.5. The van der Waals surface area contributed by atoms with Crippen LogP contribution in [0.3, 0.4) is 0 Å². The van der Waals surface area contributed by atoms with Crippen molar-refractivity contribution in [2.45, 2.75) is 9.79 Å². The molecule has 5 heteroatoms. The van der Waals surface area contributed by atoms with E-state index in [9.17, 15) is 4.39 Å². The van der Waals surface area contributed by atoms with Gasteiger partial charge in [0.2, 0.25) is 0 Å². The molecule has 0 aliphatic heterocycles. The van der Waals surface area contributed by atoms with Crippen LogP contribution in [-0.2, 0) is 0 Å². The number of hydrogen-bond donors (Lipinski definition) is 1. The molecule has 0 amide bonds. The molecule has 0 radical (unpaired) electrons. The number of benzene rings is 2. The summed E-state index contributed by atoms with van der Waals surface area (Å²) in [5.41, 5.74) is 6.08. The van der Waals surface area contributed by atoms with E-state index in [0.29, 0.717) is 15.6 Å². The fraction of sp³-hybridized carbons (Fsp3) is 0. The molecule has 0 heterocycles. The first-order valence-corrected chi connectivity index (χ1v) is 6.31. The second-order valence-corrected chi connectivity index (χ2v) is 5.32. The van der Waals surface area contributed by atoms with Gasteiger partial charge < -0.3 is 5.73 Å². The highest BCUT2D eigenvalue weighted by Crippen LogP contribution is 2.35. The van der Waals surface area contributed by atoms with E-state index in [1.54, 1.807) is 6.07 Å². The van der Waals surface area contributed by atoms with E-state index >= 15 is 0 Å². The molecule has 88 valence electrons. The monoisotopic (exact) mass is 287 g/mol. The Balaban J connectivity index is 2.33. The van der Waals surface area contributed by atoms with Crippen molar-refractivity contribution in [1.82, 2.24) is 0 Å². The molecule has 2 N–H and O–H groups in total. The van der Waals surface area contributed by atoms with E-state index in [2.05, 4.69) is 0 Å². The van der Waals surface area contributed by atoms with Crippen molar-refractivity contribution in [3.8, 4) is 0 Å². The number of nitrogen functional groups attached to an aromatic ring is 1. The molecule has 0 unspecified atom stereocenters. The van der Waals surface area contributed by atoms with Crippen molar-refractivity contribution in [2.75, 3.05) is 5.73 Å². The van der Waals surface area contributed by atoms with Crippen molar-refractivity contribution in [1.29, 1.82) is 0 Å². The first kappa shape index (κ1) is 12.6. The van der Waals surface area contributed by atoms with Crippen molar-refractivity contribution >= 4 is 40.7 Å². The van der Waals surface area contributed by atoms with Crippen molar-refractivity contribution in [3.05, 3.63) is 52.3 Å². The third kappa shape index (κ3) is 3.06. The lowest BCUT2D eigenvalue weighted by Crippen LogP contribution is -1.90. The van der Waals surface area contributed by atoms with Crippen molar-refractivity contribution in [3.63, 3.8) is 0 Å². The number of hydrogen-bond acceptors (Lipinski definition) is 2. The van der Waals surface area contributed by atoms with Gasteiger partial charge >= 0.3 is 0 Å². The lowest BCUT2D eigenvalue weighted by Gasteiger charge is -2.07. The smallest absolute Gasteiger partial charge is 0.143 e. The summed E-state index contributed by atoms with van der Waals surface area (Å²) < 4.78 is 13.1. The third-order valence-corrected chi connectivity index (χ3v) is 3.66. The van der Waals surface area contributed by atoms with Gasteiger partial charge in [-0.25, -0.2) is 4.39 Å². The topological polar surface area (TPSA) is 26.0 Å². The van der Waals surface area contributed by atoms with Crippen LogP contribution in [0.5, 0.6) is 0 Å². The minimum absolute atomic E-state index is 0.0590. The van der Waals surface area contributed by atoms with Crippen molar-refractivity contribution < 1.29 is 4.39 Å². The Morgan fingerprint density at radius 2 is 1.88 bits per heavy atom. The van der Waals surface area contributed by atoms with Crippen LogP contribution in [0, 0.1) is 5.82 Å². The fourth-order valence-electron chi connectivity index (χ4n) is 1.29. The van der Waals surface area contributed by atoms with Crippen LogP contribution in [0.1, 0.15) is 0 Å². The molecule has 17 heavy (non-hydrogen) atoms. The molecule has 0 atom stereocenters. The summed E-state index contributed by atoms with van der Waals surface area (Å²) in [4.78, 5) is 1.63. The Kier molecular flexibility index (Phi) is 3.82. The molecular formula is C12H8Cl2FNS. The predicted molar refractivity (Wildman–Crippen MR) is 71.4 cm³/mol. The summed E-state index contributed by atoms with van der Waals surface area (Å²) in [6, 6.07) is 10.1. The van der Waals surface area contributed by atoms with Gasteiger partial charge in [-0.05, 0) is 30.3 Å². The van der Waals surface area contributed by atoms with Gasteiger partial charge in [0.15, 0.2) is 0 Å². The first-order chi connectivity index (χ1) is 8.06. The van der Waals surface area contributed by atoms with Crippen LogP contribution in [0.2, 0.25) is 10.0 Å². The number of nitrogens with two attached hydrogens (primary N) is 1. The van der Waals surface area contributed by atoms with E-state index in [0.717, 1.165) is 4.90 Å². The average molecular weight is 288 g/mol. The molecule has 0 spiro atoms. The largest absolute Gasteiger partial charge is 0.398 e. The van der Waals surface area contributed by atoms with E-state index in [1.807, 2.05) is 18.2 Å². The highest BCUT2D eigenvalue weighted by molar-refractivity contribution is 7.99. The number of rotatable bonds is 2. The summed E-state index contributed by atoms with van der Waals surface area (Å²) in [6.45, 7) is 0. The molecule has 0 aromatic heterocycles. The Labute approximate surface area is 113 Å². The second kappa shape index (κ2) is 5.17. The van der Waals surface area contributed by atoms with Gasteiger partial charge in [0, 0.05) is 20.5 Å². The summed E-state index contributed by atoms with van der Waals surface area (Å²) >= 11 is 13.0. The van der Waals surface area contributed by atoms with Gasteiger partial charge in [0.25, 0.3) is 0 Å². The Hall–Kier alpha value is -0.900. The van der Waals surface area contributed by atoms with E-state index in [1.165, 1.54) is 23.9 Å². The molecular weight excluding hydrogens is 280 g/mol. The summed E-state index contributed by atoms with van der Waals surface area (Å²) in [7, 11) is 0. The zero-order chi connectivity index (χ0) is 12.4. The standard InChI is InChI=1S/C12H8Cl2FNS/c13-7-2-1-3-8(4-7)17-12-5-9(14)10(15)6-11(12)16/h1-6H,16H2. The van der Waals surface area contributed by atoms with Crippen LogP contribution in [-0.4, -0.2) is 0 Å². The highest BCUT2D eigenvalue weighted by atomic mass is 35.5. The number of halogens is 3. The Morgan fingerprint density at radius 3 is 2.59 bits per heavy atom. The van der Waals surface area contributed by atoms with Crippen LogP contribution in [0.25, 0.3) is 0 Å². The lowest BCUT2D eigenvalue weighted by molar-refractivity contribution is 0.628. The van der Waals surface area contributed by atoms with Crippen LogP contribution in [0.15, 0.2) is 46.2 Å². The van der Waals surface area contributed by atoms with E-state index < -0.39 is 5.82 Å². The molecule has 0 saturated heterocycles. The molecule has 1 nitrogen and oxygen atoms in total. The van der Waals surface area contributed by atoms with Gasteiger partial charge in [-0.2, -0.15) is 0 Å². The summed E-state index contributed by atoms with van der Waals surface area (Å²) in [6.07, 6.45) is 0. The zero-order valence-corrected chi connectivity index (χ0v) is 10.9. The van der Waals surface area contributed by atoms with Gasteiger partial charge in [0.05, 0.1) is 5.02 Å². The van der Waals surface area contributed by atoms with Gasteiger partial charge in [-0.1, -0.05) is 41.0 Å². The SMILES string of the molecule is Nc1cc(F)c(Cl)cc1Sc1cccc(Cl)c1. The van der Waals surface area contributed by atoms with Gasteiger partial charge in [-0.15, -0.1) is 0 Å². The van der Waals surface area contributed by atoms with Crippen molar-refractivity contribution in [2.24, 2.45) is 0 Å². The maximum Gasteiger partial charge on any atom is 0.143 e.